The predicted molar refractivity (Wildman–Crippen MR) is 111 cm³/mol. The number of carbonyl (C=O) groups is 1. The molecule has 154 valence electrons. The Labute approximate surface area is 168 Å². The summed E-state index contributed by atoms with van der Waals surface area (Å²) in [7, 11) is 2.10. The highest BCUT2D eigenvalue weighted by molar-refractivity contribution is 5.91. The highest BCUT2D eigenvalue weighted by Gasteiger charge is 2.22. The Morgan fingerprint density at radius 1 is 1.24 bits per heavy atom. The molecule has 4 heterocycles. The second kappa shape index (κ2) is 7.66. The number of nitrogens with one attached hydrogen (secondary N) is 1. The van der Waals surface area contributed by atoms with Crippen molar-refractivity contribution >= 4 is 34.7 Å². The number of hydrogen-bond donors (Lipinski definition) is 2. The van der Waals surface area contributed by atoms with Crippen LogP contribution in [0, 0.1) is 6.92 Å². The Morgan fingerprint density at radius 3 is 2.72 bits per heavy atom. The van der Waals surface area contributed by atoms with Crippen molar-refractivity contribution in [2.75, 3.05) is 49.2 Å². The minimum absolute atomic E-state index is 0.0725. The molecule has 29 heavy (non-hydrogen) atoms. The van der Waals surface area contributed by atoms with Gasteiger partial charge in [-0.3, -0.25) is 4.79 Å². The average molecular weight is 398 g/mol. The number of nitrogens with zero attached hydrogens (tertiary/aromatic N) is 8. The molecule has 0 unspecified atom stereocenters. The predicted octanol–water partition coefficient (Wildman–Crippen LogP) is 0.324. The van der Waals surface area contributed by atoms with Crippen LogP contribution in [0.25, 0.3) is 11.2 Å². The fourth-order valence-electron chi connectivity index (χ4n) is 3.52. The Kier molecular flexibility index (Phi) is 5.05. The Bertz CT molecular complexity index is 1030. The Balaban J connectivity index is 1.57. The number of aryl methyl sites for hydroxylation is 2. The van der Waals surface area contributed by atoms with E-state index in [1.165, 1.54) is 0 Å². The normalized spacial score (nSPS) is 15.2. The highest BCUT2D eigenvalue weighted by atomic mass is 16.2. The van der Waals surface area contributed by atoms with Gasteiger partial charge in [-0.15, -0.1) is 0 Å². The standard InChI is InChI=1S/C18H26N10O/c1-4-28-13(9-12(2)24-28)21-14(29)10-27-11-20-15-16(22-18(19)23-17(15)27)26-7-5-25(3)6-8-26/h9,11H,4-8,10H2,1-3H3,(H,21,29)(H2,19,22,23). The molecule has 4 rings (SSSR count). The number of fused-ring (bicyclic) bond motifs is 1. The molecule has 1 aliphatic rings. The van der Waals surface area contributed by atoms with E-state index in [-0.39, 0.29) is 18.4 Å². The molecule has 3 N–H and O–H groups in total. The van der Waals surface area contributed by atoms with E-state index in [4.69, 9.17) is 5.73 Å². The molecule has 0 radical (unpaired) electrons. The molecule has 0 aliphatic carbocycles. The molecule has 0 bridgehead atoms. The number of carbonyl (C=O) groups excluding carboxylic acids is 1. The van der Waals surface area contributed by atoms with E-state index in [1.807, 2.05) is 19.9 Å². The minimum atomic E-state index is -0.183. The number of imidazole rings is 1. The SMILES string of the molecule is CCn1nc(C)cc1NC(=O)Cn1cnc2c(N3CCN(C)CC3)nc(N)nc21. The summed E-state index contributed by atoms with van der Waals surface area (Å²) in [6.45, 7) is 8.19. The Hall–Kier alpha value is -3.21. The maximum Gasteiger partial charge on any atom is 0.245 e. The van der Waals surface area contributed by atoms with Gasteiger partial charge < -0.3 is 25.4 Å². The van der Waals surface area contributed by atoms with E-state index in [1.54, 1.807) is 15.6 Å². The van der Waals surface area contributed by atoms with Crippen molar-refractivity contribution in [1.29, 1.82) is 0 Å². The van der Waals surface area contributed by atoms with Crippen LogP contribution in [0.3, 0.4) is 0 Å². The van der Waals surface area contributed by atoms with Crippen molar-refractivity contribution in [1.82, 2.24) is 34.2 Å². The summed E-state index contributed by atoms with van der Waals surface area (Å²) in [5, 5.41) is 7.25. The molecule has 1 saturated heterocycles. The summed E-state index contributed by atoms with van der Waals surface area (Å²) < 4.78 is 3.45. The van der Waals surface area contributed by atoms with Crippen LogP contribution in [-0.2, 0) is 17.9 Å². The van der Waals surface area contributed by atoms with Gasteiger partial charge in [-0.1, -0.05) is 0 Å². The quantitative estimate of drug-likeness (QED) is 0.630. The molecule has 3 aromatic rings. The van der Waals surface area contributed by atoms with Crippen LogP contribution in [0.5, 0.6) is 0 Å². The summed E-state index contributed by atoms with van der Waals surface area (Å²) in [6, 6.07) is 1.85. The fourth-order valence-corrected chi connectivity index (χ4v) is 3.52. The van der Waals surface area contributed by atoms with E-state index in [0.29, 0.717) is 23.5 Å². The third kappa shape index (κ3) is 3.86. The van der Waals surface area contributed by atoms with Gasteiger partial charge in [0.25, 0.3) is 0 Å². The van der Waals surface area contributed by atoms with Crippen LogP contribution in [0.4, 0.5) is 17.6 Å². The number of nitrogens with two attached hydrogens (primary N) is 1. The van der Waals surface area contributed by atoms with Crippen molar-refractivity contribution in [2.24, 2.45) is 0 Å². The van der Waals surface area contributed by atoms with E-state index >= 15 is 0 Å². The van der Waals surface area contributed by atoms with E-state index in [2.05, 4.69) is 42.2 Å². The lowest BCUT2D eigenvalue weighted by Gasteiger charge is -2.33. The number of nitrogen functional groups attached to an aromatic ring is 1. The van der Waals surface area contributed by atoms with Crippen molar-refractivity contribution in [3.8, 4) is 0 Å². The molecule has 11 nitrogen and oxygen atoms in total. The van der Waals surface area contributed by atoms with Crippen molar-refractivity contribution < 1.29 is 4.79 Å². The molecule has 0 saturated carbocycles. The molecular formula is C18H26N10O. The number of piperazine rings is 1. The second-order valence-electron chi connectivity index (χ2n) is 7.28. The van der Waals surface area contributed by atoms with Crippen LogP contribution in [0.15, 0.2) is 12.4 Å². The van der Waals surface area contributed by atoms with Gasteiger partial charge in [0.1, 0.15) is 12.4 Å². The zero-order valence-corrected chi connectivity index (χ0v) is 17.0. The first-order valence-corrected chi connectivity index (χ1v) is 9.70. The number of rotatable bonds is 5. The molecule has 0 atom stereocenters. The number of amides is 1. The molecule has 1 fully saturated rings. The third-order valence-electron chi connectivity index (χ3n) is 5.05. The maximum atomic E-state index is 12.6. The number of hydrogen-bond acceptors (Lipinski definition) is 8. The first-order chi connectivity index (χ1) is 13.9. The zero-order chi connectivity index (χ0) is 20.5. The first-order valence-electron chi connectivity index (χ1n) is 9.70. The minimum Gasteiger partial charge on any atom is -0.368 e. The van der Waals surface area contributed by atoms with E-state index in [9.17, 15) is 4.79 Å². The summed E-state index contributed by atoms with van der Waals surface area (Å²) in [5.41, 5.74) is 8.04. The van der Waals surface area contributed by atoms with Gasteiger partial charge in [0.05, 0.1) is 12.0 Å². The van der Waals surface area contributed by atoms with Crippen molar-refractivity contribution in [3.05, 3.63) is 18.1 Å². The van der Waals surface area contributed by atoms with Crippen LogP contribution >= 0.6 is 0 Å². The number of aromatic nitrogens is 6. The summed E-state index contributed by atoms with van der Waals surface area (Å²) in [5.74, 6) is 1.39. The summed E-state index contributed by atoms with van der Waals surface area (Å²) in [4.78, 5) is 30.3. The van der Waals surface area contributed by atoms with Crippen molar-refractivity contribution in [3.63, 3.8) is 0 Å². The van der Waals surface area contributed by atoms with Crippen LogP contribution in [-0.4, -0.2) is 73.3 Å². The lowest BCUT2D eigenvalue weighted by molar-refractivity contribution is -0.116. The fraction of sp³-hybridized carbons (Fsp3) is 0.500. The van der Waals surface area contributed by atoms with E-state index in [0.717, 1.165) is 37.7 Å². The topological polar surface area (TPSA) is 123 Å². The smallest absolute Gasteiger partial charge is 0.245 e. The third-order valence-corrected chi connectivity index (χ3v) is 5.05. The molecular weight excluding hydrogens is 372 g/mol. The van der Waals surface area contributed by atoms with Gasteiger partial charge in [-0.05, 0) is 20.9 Å². The van der Waals surface area contributed by atoms with Crippen LogP contribution in [0.2, 0.25) is 0 Å². The van der Waals surface area contributed by atoms with Gasteiger partial charge in [0.15, 0.2) is 17.0 Å². The van der Waals surface area contributed by atoms with Gasteiger partial charge >= 0.3 is 0 Å². The molecule has 1 aliphatic heterocycles. The molecule has 11 heteroatoms. The van der Waals surface area contributed by atoms with Crippen LogP contribution < -0.4 is 16.0 Å². The van der Waals surface area contributed by atoms with Crippen LogP contribution in [0.1, 0.15) is 12.6 Å². The maximum absolute atomic E-state index is 12.6. The van der Waals surface area contributed by atoms with Gasteiger partial charge in [-0.25, -0.2) is 9.67 Å². The molecule has 0 spiro atoms. The van der Waals surface area contributed by atoms with Gasteiger partial charge in [-0.2, -0.15) is 15.1 Å². The highest BCUT2D eigenvalue weighted by Crippen LogP contribution is 2.24. The summed E-state index contributed by atoms with van der Waals surface area (Å²) >= 11 is 0. The monoisotopic (exact) mass is 398 g/mol. The molecule has 1 amide bonds. The van der Waals surface area contributed by atoms with E-state index < -0.39 is 0 Å². The summed E-state index contributed by atoms with van der Waals surface area (Å²) in [6.07, 6.45) is 1.61. The lowest BCUT2D eigenvalue weighted by Crippen LogP contribution is -2.45. The average Bonchev–Trinajstić information content (AvgIpc) is 3.24. The number of likely N-dealkylation sites (N-methyl/N-ethyl adjacent to an activating group) is 1. The lowest BCUT2D eigenvalue weighted by atomic mass is 10.3. The van der Waals surface area contributed by atoms with Crippen molar-refractivity contribution in [2.45, 2.75) is 26.9 Å². The molecule has 0 aromatic carbocycles. The first kappa shape index (κ1) is 19.1. The second-order valence-corrected chi connectivity index (χ2v) is 7.28. The Morgan fingerprint density at radius 2 is 2.00 bits per heavy atom. The zero-order valence-electron chi connectivity index (χ0n) is 17.0. The molecule has 3 aromatic heterocycles. The van der Waals surface area contributed by atoms with Gasteiger partial charge in [0.2, 0.25) is 11.9 Å². The van der Waals surface area contributed by atoms with Gasteiger partial charge in [0, 0.05) is 38.8 Å². The largest absolute Gasteiger partial charge is 0.368 e. The number of anilines is 3.